The summed E-state index contributed by atoms with van der Waals surface area (Å²) < 4.78 is 13.3. The lowest BCUT2D eigenvalue weighted by Gasteiger charge is -2.44. The van der Waals surface area contributed by atoms with E-state index in [0.717, 1.165) is 60.7 Å². The first-order valence-electron chi connectivity index (χ1n) is 15.9. The first kappa shape index (κ1) is 32.3. The zero-order valence-electron chi connectivity index (χ0n) is 26.3. The average Bonchev–Trinajstić information content (AvgIpc) is 3.12. The molecule has 0 unspecified atom stereocenters. The predicted octanol–water partition coefficient (Wildman–Crippen LogP) is 5.03. The maximum Gasteiger partial charge on any atom is 0.269 e. The number of pyridine rings is 1. The molecule has 47 heavy (non-hydrogen) atoms. The fraction of sp³-hybridized carbons (Fsp3) is 0.333. The highest BCUT2D eigenvalue weighted by molar-refractivity contribution is 5.93. The molecule has 244 valence electrons. The minimum atomic E-state index is -0.584. The van der Waals surface area contributed by atoms with Crippen molar-refractivity contribution in [1.29, 1.82) is 0 Å². The van der Waals surface area contributed by atoms with E-state index in [0.29, 0.717) is 12.1 Å². The monoisotopic (exact) mass is 637 g/mol. The van der Waals surface area contributed by atoms with Gasteiger partial charge in [0.1, 0.15) is 0 Å². The second kappa shape index (κ2) is 14.8. The minimum Gasteiger partial charge on any atom is -0.392 e. The number of aliphatic hydroxyl groups is 1. The average molecular weight is 638 g/mol. The number of ether oxygens (including phenoxy) is 2. The fourth-order valence-corrected chi connectivity index (χ4v) is 6.13. The Balaban J connectivity index is 1.13. The zero-order chi connectivity index (χ0) is 32.8. The largest absolute Gasteiger partial charge is 0.392 e. The van der Waals surface area contributed by atoms with Gasteiger partial charge in [-0.05, 0) is 41.0 Å². The quantitative estimate of drug-likeness (QED) is 0.182. The molecule has 4 atom stereocenters. The van der Waals surface area contributed by atoms with Crippen molar-refractivity contribution in [3.8, 4) is 0 Å². The van der Waals surface area contributed by atoms with Crippen molar-refractivity contribution in [3.05, 3.63) is 135 Å². The summed E-state index contributed by atoms with van der Waals surface area (Å²) in [5.41, 5.74) is 5.31. The molecule has 0 saturated carbocycles. The van der Waals surface area contributed by atoms with Crippen molar-refractivity contribution >= 4 is 17.3 Å². The number of carbonyl (C=O) groups excluding carboxylic acids is 1. The second-order valence-electron chi connectivity index (χ2n) is 12.0. The van der Waals surface area contributed by atoms with Gasteiger partial charge in [0.05, 0.1) is 29.3 Å². The summed E-state index contributed by atoms with van der Waals surface area (Å²) in [4.78, 5) is 31.8. The topological polar surface area (TPSA) is 130 Å². The van der Waals surface area contributed by atoms with Crippen LogP contribution in [0.2, 0.25) is 0 Å². The molecule has 0 aliphatic carbocycles. The van der Waals surface area contributed by atoms with Gasteiger partial charge >= 0.3 is 0 Å². The predicted molar refractivity (Wildman–Crippen MR) is 177 cm³/mol. The van der Waals surface area contributed by atoms with Crippen molar-refractivity contribution in [1.82, 2.24) is 15.2 Å². The van der Waals surface area contributed by atoms with Crippen molar-refractivity contribution < 1.29 is 24.3 Å². The van der Waals surface area contributed by atoms with E-state index in [-0.39, 0.29) is 41.3 Å². The summed E-state index contributed by atoms with van der Waals surface area (Å²) in [6.45, 7) is 6.55. The van der Waals surface area contributed by atoms with Crippen molar-refractivity contribution in [2.45, 2.75) is 38.6 Å². The van der Waals surface area contributed by atoms with E-state index in [9.17, 15) is 20.0 Å². The number of aromatic nitrogens is 1. The summed E-state index contributed by atoms with van der Waals surface area (Å²) in [7, 11) is 0. The molecule has 0 bridgehead atoms. The smallest absolute Gasteiger partial charge is 0.269 e. The third-order valence-electron chi connectivity index (χ3n) is 8.99. The van der Waals surface area contributed by atoms with Gasteiger partial charge in [0.25, 0.3) is 11.6 Å². The minimum absolute atomic E-state index is 0.0173. The lowest BCUT2D eigenvalue weighted by molar-refractivity contribution is -0.384. The highest BCUT2D eigenvalue weighted by Crippen LogP contribution is 2.42. The van der Waals surface area contributed by atoms with Crippen LogP contribution in [-0.2, 0) is 22.6 Å². The number of nitrogens with one attached hydrogen (secondary N) is 1. The SMILES string of the molecule is C[C@@H]1[C@H](CN2CCN(c3ccc([N+](=O)[O-])cc3)CC2)O[C@H](c2ccc(CNC(=O)c3cccnc3)cc2)O[C@@H]1c1ccc(CO)cc1. The van der Waals surface area contributed by atoms with Crippen molar-refractivity contribution in [2.75, 3.05) is 37.6 Å². The van der Waals surface area contributed by atoms with Gasteiger partial charge in [0.15, 0.2) is 6.29 Å². The number of carbonyl (C=O) groups is 1. The summed E-state index contributed by atoms with van der Waals surface area (Å²) >= 11 is 0. The van der Waals surface area contributed by atoms with Gasteiger partial charge in [-0.15, -0.1) is 0 Å². The number of piperazine rings is 1. The van der Waals surface area contributed by atoms with Crippen LogP contribution in [0.3, 0.4) is 0 Å². The van der Waals surface area contributed by atoms with Crippen LogP contribution < -0.4 is 10.2 Å². The molecule has 6 rings (SSSR count). The molecule has 11 nitrogen and oxygen atoms in total. The molecule has 3 heterocycles. The van der Waals surface area contributed by atoms with E-state index in [1.807, 2.05) is 60.7 Å². The molecule has 1 aromatic heterocycles. The first-order valence-corrected chi connectivity index (χ1v) is 15.9. The number of benzene rings is 3. The van der Waals surface area contributed by atoms with Gasteiger partial charge in [-0.1, -0.05) is 55.5 Å². The molecule has 2 saturated heterocycles. The Kier molecular flexibility index (Phi) is 10.2. The van der Waals surface area contributed by atoms with E-state index in [4.69, 9.17) is 9.47 Å². The molecule has 0 radical (unpaired) electrons. The Morgan fingerprint density at radius 1 is 0.936 bits per heavy atom. The molecule has 0 spiro atoms. The molecular formula is C36H39N5O6. The van der Waals surface area contributed by atoms with Crippen LogP contribution in [0.25, 0.3) is 0 Å². The summed E-state index contributed by atoms with van der Waals surface area (Å²) in [5.74, 6) is -0.123. The molecule has 2 aliphatic rings. The number of rotatable bonds is 10. The number of aliphatic hydroxyl groups excluding tert-OH is 1. The molecule has 1 amide bonds. The molecule has 3 aromatic carbocycles. The molecule has 4 aromatic rings. The highest BCUT2D eigenvalue weighted by atomic mass is 16.7. The molecule has 11 heteroatoms. The van der Waals surface area contributed by atoms with Crippen LogP contribution in [0.4, 0.5) is 11.4 Å². The lowest BCUT2D eigenvalue weighted by Crippen LogP contribution is -2.51. The van der Waals surface area contributed by atoms with Crippen LogP contribution >= 0.6 is 0 Å². The van der Waals surface area contributed by atoms with Crippen LogP contribution in [0, 0.1) is 16.0 Å². The summed E-state index contributed by atoms with van der Waals surface area (Å²) in [5, 5.41) is 23.6. The Morgan fingerprint density at radius 2 is 1.62 bits per heavy atom. The molecule has 2 aliphatic heterocycles. The number of nitro groups is 1. The number of hydrogen-bond donors (Lipinski definition) is 2. The van der Waals surface area contributed by atoms with Gasteiger partial charge in [-0.25, -0.2) is 0 Å². The third-order valence-corrected chi connectivity index (χ3v) is 8.99. The maximum absolute atomic E-state index is 12.5. The Morgan fingerprint density at radius 3 is 2.26 bits per heavy atom. The standard InChI is InChI=1S/C36H39N5O6/c1-25-33(23-39-17-19-40(20-18-39)31-12-14-32(15-13-31)41(44)45)46-36(47-34(25)28-8-6-27(24-42)7-9-28)29-10-4-26(5-11-29)21-38-35(43)30-3-2-16-37-22-30/h2-16,22,25,33-34,36,42H,17-21,23-24H2,1H3,(H,38,43)/t25-,33+,34+,36+/m1/s1. The third kappa shape index (κ3) is 7.83. The number of nitro benzene ring substituents is 1. The van der Waals surface area contributed by atoms with E-state index in [1.54, 1.807) is 36.7 Å². The van der Waals surface area contributed by atoms with Gasteiger partial charge in [-0.3, -0.25) is 24.8 Å². The van der Waals surface area contributed by atoms with Gasteiger partial charge in [0.2, 0.25) is 0 Å². The normalized spacial score (nSPS) is 21.7. The van der Waals surface area contributed by atoms with Crippen LogP contribution in [0.1, 0.15) is 51.9 Å². The maximum atomic E-state index is 12.5. The van der Waals surface area contributed by atoms with Gasteiger partial charge < -0.3 is 24.8 Å². The fourth-order valence-electron chi connectivity index (χ4n) is 6.13. The second-order valence-corrected chi connectivity index (χ2v) is 12.0. The van der Waals surface area contributed by atoms with E-state index in [2.05, 4.69) is 27.0 Å². The van der Waals surface area contributed by atoms with E-state index in [1.165, 1.54) is 0 Å². The van der Waals surface area contributed by atoms with Gasteiger partial charge in [0, 0.05) is 81.0 Å². The summed E-state index contributed by atoms with van der Waals surface area (Å²) in [6.07, 6.45) is 2.27. The lowest BCUT2D eigenvalue weighted by atomic mass is 9.90. The Labute approximate surface area is 273 Å². The van der Waals surface area contributed by atoms with Crippen molar-refractivity contribution in [3.63, 3.8) is 0 Å². The van der Waals surface area contributed by atoms with Crippen LogP contribution in [0.5, 0.6) is 0 Å². The molecular weight excluding hydrogens is 598 g/mol. The molecule has 2 N–H and O–H groups in total. The highest BCUT2D eigenvalue weighted by Gasteiger charge is 2.39. The first-order chi connectivity index (χ1) is 22.9. The number of nitrogens with zero attached hydrogens (tertiary/aromatic N) is 4. The number of anilines is 1. The zero-order valence-corrected chi connectivity index (χ0v) is 26.3. The number of hydrogen-bond acceptors (Lipinski definition) is 9. The van der Waals surface area contributed by atoms with Crippen LogP contribution in [-0.4, -0.2) is 64.6 Å². The number of non-ortho nitro benzene ring substituents is 1. The van der Waals surface area contributed by atoms with Crippen LogP contribution in [0.15, 0.2) is 97.3 Å². The van der Waals surface area contributed by atoms with Gasteiger partial charge in [-0.2, -0.15) is 0 Å². The number of amides is 1. The van der Waals surface area contributed by atoms with Crippen molar-refractivity contribution in [2.24, 2.45) is 5.92 Å². The molecule has 2 fully saturated rings. The van der Waals surface area contributed by atoms with E-state index >= 15 is 0 Å². The Hall–Kier alpha value is -4.68. The summed E-state index contributed by atoms with van der Waals surface area (Å²) in [6, 6.07) is 26.0. The van der Waals surface area contributed by atoms with E-state index < -0.39 is 6.29 Å². The Bertz CT molecular complexity index is 1630.